The summed E-state index contributed by atoms with van der Waals surface area (Å²) < 4.78 is 42.2. The smallest absolute Gasteiger partial charge is 0.304 e. The Hall–Kier alpha value is -2.67. The van der Waals surface area contributed by atoms with Crippen LogP contribution in [0.3, 0.4) is 0 Å². The Morgan fingerprint density at radius 1 is 1.22 bits per heavy atom. The third-order valence-corrected chi connectivity index (χ3v) is 12.1. The molecule has 1 amide bonds. The van der Waals surface area contributed by atoms with Crippen LogP contribution in [0.5, 0.6) is 5.75 Å². The summed E-state index contributed by atoms with van der Waals surface area (Å²) in [6.45, 7) is 3.15. The van der Waals surface area contributed by atoms with Gasteiger partial charge in [0.2, 0.25) is 0 Å². The lowest BCUT2D eigenvalue weighted by molar-refractivity contribution is 0.0448. The number of aryl methyl sites for hydroxylation is 1. The average molecular weight is 674 g/mol. The lowest BCUT2D eigenvalue weighted by atomic mass is 9.68. The molecule has 10 nitrogen and oxygen atoms in total. The fourth-order valence-corrected chi connectivity index (χ4v) is 9.28. The predicted octanol–water partition coefficient (Wildman–Crippen LogP) is 3.83. The molecule has 0 unspecified atom stereocenters. The monoisotopic (exact) mass is 673 g/mol. The third-order valence-electron chi connectivity index (χ3n) is 10.3. The zero-order chi connectivity index (χ0) is 32.6. The van der Waals surface area contributed by atoms with Crippen molar-refractivity contribution in [2.75, 3.05) is 44.9 Å². The summed E-state index contributed by atoms with van der Waals surface area (Å²) in [4.78, 5) is 15.9. The van der Waals surface area contributed by atoms with E-state index >= 15 is 0 Å². The Bertz CT molecular complexity index is 1590. The van der Waals surface area contributed by atoms with E-state index in [0.717, 1.165) is 42.1 Å². The van der Waals surface area contributed by atoms with Crippen molar-refractivity contribution in [2.24, 2.45) is 11.8 Å². The molecule has 250 valence electrons. The number of carbonyl (C=O) groups is 1. The summed E-state index contributed by atoms with van der Waals surface area (Å²) in [5.41, 5.74) is 3.06. The van der Waals surface area contributed by atoms with Crippen LogP contribution in [0.25, 0.3) is 0 Å². The molecule has 1 spiro atoms. The highest BCUT2D eigenvalue weighted by Gasteiger charge is 2.44. The number of hydrogen-bond acceptors (Lipinski definition) is 8. The van der Waals surface area contributed by atoms with Gasteiger partial charge in [-0.1, -0.05) is 29.8 Å². The molecule has 6 atom stereocenters. The normalized spacial score (nSPS) is 31.0. The van der Waals surface area contributed by atoms with Gasteiger partial charge >= 0.3 is 10.2 Å². The minimum atomic E-state index is -4.37. The fourth-order valence-electron chi connectivity index (χ4n) is 7.69. The molecule has 0 saturated heterocycles. The van der Waals surface area contributed by atoms with Crippen molar-refractivity contribution < 1.29 is 32.9 Å². The number of hydrogen-bond donors (Lipinski definition) is 3. The molecule has 46 heavy (non-hydrogen) atoms. The van der Waals surface area contributed by atoms with Gasteiger partial charge in [-0.25, -0.2) is 4.72 Å². The maximum Gasteiger partial charge on any atom is 0.304 e. The van der Waals surface area contributed by atoms with Gasteiger partial charge in [0.25, 0.3) is 5.91 Å². The van der Waals surface area contributed by atoms with Crippen molar-refractivity contribution >= 4 is 33.4 Å². The number of rotatable bonds is 4. The number of aliphatic hydroxyl groups is 2. The maximum absolute atomic E-state index is 13.6. The molecule has 2 bridgehead atoms. The number of anilines is 1. The van der Waals surface area contributed by atoms with Crippen LogP contribution >= 0.6 is 11.6 Å². The molecule has 0 radical (unpaired) electrons. The standard InChI is InChI=1S/C34H44ClN3O7S/c1-22-5-3-7-31(40)28-11-8-25(28)17-37-20-34(14-4-6-23-15-26(35)10-12-29(23)34)21-45-32-13-9-24(16-30(32)37)33(41)36-46(42,43)38(22)18-27(39)19-44-2/h3,7,9-10,12-13,15-16,22,25,27-28,31,39-40H,4-6,8,11,14,17-21H2,1-2H3,(H,36,41)/b7-3+/t22-,25-,27+,28+,31-,34-/m0/s1. The van der Waals surface area contributed by atoms with Gasteiger partial charge < -0.3 is 24.6 Å². The van der Waals surface area contributed by atoms with Crippen LogP contribution in [0.4, 0.5) is 5.69 Å². The van der Waals surface area contributed by atoms with Crippen LogP contribution in [0.15, 0.2) is 48.6 Å². The minimum absolute atomic E-state index is 0.0512. The highest BCUT2D eigenvalue weighted by atomic mass is 35.5. The second-order valence-electron chi connectivity index (χ2n) is 13.4. The van der Waals surface area contributed by atoms with E-state index in [1.54, 1.807) is 37.3 Å². The van der Waals surface area contributed by atoms with E-state index in [1.165, 1.54) is 18.2 Å². The van der Waals surface area contributed by atoms with Crippen LogP contribution in [-0.4, -0.2) is 87.1 Å². The molecule has 2 aromatic rings. The zero-order valence-corrected chi connectivity index (χ0v) is 28.0. The van der Waals surface area contributed by atoms with Gasteiger partial charge in [0.15, 0.2) is 0 Å². The van der Waals surface area contributed by atoms with Crippen molar-refractivity contribution in [1.29, 1.82) is 0 Å². The van der Waals surface area contributed by atoms with E-state index in [1.807, 2.05) is 6.07 Å². The fraction of sp³-hybridized carbons (Fsp3) is 0.559. The van der Waals surface area contributed by atoms with Crippen molar-refractivity contribution in [3.8, 4) is 5.75 Å². The largest absolute Gasteiger partial charge is 0.490 e. The lowest BCUT2D eigenvalue weighted by Crippen LogP contribution is -2.51. The molecule has 2 aliphatic carbocycles. The molecule has 2 aromatic carbocycles. The molecular formula is C34H44ClN3O7S. The molecule has 1 saturated carbocycles. The first kappa shape index (κ1) is 33.2. The lowest BCUT2D eigenvalue weighted by Gasteiger charge is -2.45. The van der Waals surface area contributed by atoms with Crippen LogP contribution in [0.2, 0.25) is 5.02 Å². The Morgan fingerprint density at radius 3 is 2.80 bits per heavy atom. The van der Waals surface area contributed by atoms with Crippen molar-refractivity contribution in [1.82, 2.24) is 9.03 Å². The van der Waals surface area contributed by atoms with Crippen LogP contribution in [0.1, 0.15) is 60.5 Å². The summed E-state index contributed by atoms with van der Waals surface area (Å²) in [7, 11) is -2.95. The SMILES string of the molecule is COC[C@H](O)CN1[C@@H](C)C/C=C/[C@H](O)[C@@H]2CC[C@H]2CN2C[C@@]3(CCCc4cc(Cl)ccc43)COc3ccc(cc32)C(=O)NS1(=O)=O. The van der Waals surface area contributed by atoms with Gasteiger partial charge in [-0.3, -0.25) is 4.79 Å². The number of nitrogens with zero attached hydrogens (tertiary/aromatic N) is 2. The zero-order valence-electron chi connectivity index (χ0n) is 26.4. The molecule has 4 aliphatic rings. The van der Waals surface area contributed by atoms with Gasteiger partial charge in [0, 0.05) is 48.8 Å². The first-order chi connectivity index (χ1) is 22.0. The molecule has 2 heterocycles. The topological polar surface area (TPSA) is 129 Å². The number of carbonyl (C=O) groups excluding carboxylic acids is 1. The van der Waals surface area contributed by atoms with Crippen LogP contribution in [-0.2, 0) is 26.8 Å². The Labute approximate surface area is 276 Å². The van der Waals surface area contributed by atoms with Gasteiger partial charge in [-0.15, -0.1) is 0 Å². The number of fused-ring (bicyclic) bond motifs is 4. The summed E-state index contributed by atoms with van der Waals surface area (Å²) in [5, 5.41) is 22.4. The molecule has 0 aromatic heterocycles. The van der Waals surface area contributed by atoms with E-state index in [-0.39, 0.29) is 42.4 Å². The highest BCUT2D eigenvalue weighted by Crippen LogP contribution is 2.46. The summed E-state index contributed by atoms with van der Waals surface area (Å²) in [6.07, 6.45) is 6.81. The number of benzene rings is 2. The number of methoxy groups -OCH3 is 1. The molecule has 2 aliphatic heterocycles. The van der Waals surface area contributed by atoms with Crippen molar-refractivity contribution in [2.45, 2.75) is 69.1 Å². The van der Waals surface area contributed by atoms with Gasteiger partial charge in [-0.05, 0) is 98.7 Å². The minimum Gasteiger partial charge on any atom is -0.490 e. The molecule has 1 fully saturated rings. The van der Waals surface area contributed by atoms with Gasteiger partial charge in [0.1, 0.15) is 5.75 Å². The second-order valence-corrected chi connectivity index (χ2v) is 15.5. The van der Waals surface area contributed by atoms with E-state index in [2.05, 4.69) is 21.8 Å². The summed E-state index contributed by atoms with van der Waals surface area (Å²) in [5.74, 6) is 0.139. The van der Waals surface area contributed by atoms with E-state index < -0.39 is 34.4 Å². The Morgan fingerprint density at radius 2 is 2.04 bits per heavy atom. The first-order valence-electron chi connectivity index (χ1n) is 16.2. The maximum atomic E-state index is 13.6. The third kappa shape index (κ3) is 6.68. The predicted molar refractivity (Wildman–Crippen MR) is 177 cm³/mol. The van der Waals surface area contributed by atoms with E-state index in [0.29, 0.717) is 30.5 Å². The van der Waals surface area contributed by atoms with Crippen molar-refractivity contribution in [3.05, 3.63) is 70.3 Å². The quantitative estimate of drug-likeness (QED) is 0.418. The van der Waals surface area contributed by atoms with Crippen LogP contribution < -0.4 is 14.4 Å². The second kappa shape index (κ2) is 13.4. The first-order valence-corrected chi connectivity index (χ1v) is 18.0. The number of aliphatic hydroxyl groups excluding tert-OH is 2. The Kier molecular flexibility index (Phi) is 9.72. The molecule has 12 heteroatoms. The number of halogens is 1. The summed E-state index contributed by atoms with van der Waals surface area (Å²) >= 11 is 6.40. The highest BCUT2D eigenvalue weighted by molar-refractivity contribution is 7.87. The molecule has 6 rings (SSSR count). The number of amides is 1. The number of nitrogens with one attached hydrogen (secondary N) is 1. The van der Waals surface area contributed by atoms with E-state index in [9.17, 15) is 23.4 Å². The number of ether oxygens (including phenoxy) is 2. The molecule has 3 N–H and O–H groups in total. The summed E-state index contributed by atoms with van der Waals surface area (Å²) in [6, 6.07) is 10.6. The van der Waals surface area contributed by atoms with E-state index in [4.69, 9.17) is 21.1 Å². The van der Waals surface area contributed by atoms with Gasteiger partial charge in [0.05, 0.1) is 31.1 Å². The van der Waals surface area contributed by atoms with Crippen molar-refractivity contribution in [3.63, 3.8) is 0 Å². The Balaban J connectivity index is 1.40. The average Bonchev–Trinajstić information content (AvgIpc) is 3.14. The van der Waals surface area contributed by atoms with Crippen LogP contribution in [0, 0.1) is 11.8 Å². The number of β-amino-alcohol motifs (C(OH)–C–C–N with tert-alkyl or cyclic N) is 1. The van der Waals surface area contributed by atoms with Gasteiger partial charge in [-0.2, -0.15) is 12.7 Å². The molecular weight excluding hydrogens is 630 g/mol.